The van der Waals surface area contributed by atoms with E-state index in [1.165, 1.54) is 0 Å². The van der Waals surface area contributed by atoms with Crippen LogP contribution in [0.1, 0.15) is 13.8 Å². The van der Waals surface area contributed by atoms with Gasteiger partial charge in [0, 0.05) is 32.3 Å². The molecule has 0 radical (unpaired) electrons. The fraction of sp³-hybridized carbons (Fsp3) is 0.900. The second kappa shape index (κ2) is 6.05. The fourth-order valence-electron chi connectivity index (χ4n) is 1.60. The monoisotopic (exact) mass is 215 g/mol. The molecule has 3 N–H and O–H groups in total. The van der Waals surface area contributed by atoms with E-state index in [4.69, 9.17) is 4.74 Å². The highest BCUT2D eigenvalue weighted by atomic mass is 16.5. The van der Waals surface area contributed by atoms with Gasteiger partial charge in [-0.05, 0) is 13.8 Å². The molecule has 0 spiro atoms. The van der Waals surface area contributed by atoms with E-state index in [1.54, 1.807) is 7.11 Å². The molecule has 0 bridgehead atoms. The van der Waals surface area contributed by atoms with Crippen molar-refractivity contribution in [2.75, 3.05) is 26.8 Å². The van der Waals surface area contributed by atoms with Crippen molar-refractivity contribution in [3.05, 3.63) is 0 Å². The third kappa shape index (κ3) is 4.15. The summed E-state index contributed by atoms with van der Waals surface area (Å²) in [6.45, 7) is 6.08. The minimum absolute atomic E-state index is 0.0407. The minimum Gasteiger partial charge on any atom is -0.383 e. The van der Waals surface area contributed by atoms with Crippen LogP contribution < -0.4 is 16.0 Å². The van der Waals surface area contributed by atoms with Crippen LogP contribution in [0.2, 0.25) is 0 Å². The Morgan fingerprint density at radius 2 is 2.27 bits per heavy atom. The van der Waals surface area contributed by atoms with Crippen LogP contribution in [0.15, 0.2) is 0 Å². The molecule has 15 heavy (non-hydrogen) atoms. The Morgan fingerprint density at radius 1 is 1.53 bits per heavy atom. The van der Waals surface area contributed by atoms with Crippen molar-refractivity contribution in [1.82, 2.24) is 16.0 Å². The molecule has 3 unspecified atom stereocenters. The topological polar surface area (TPSA) is 62.4 Å². The number of nitrogens with one attached hydrogen (secondary N) is 3. The van der Waals surface area contributed by atoms with Crippen molar-refractivity contribution in [3.8, 4) is 0 Å². The maximum Gasteiger partial charge on any atom is 0.238 e. The van der Waals surface area contributed by atoms with Gasteiger partial charge in [-0.1, -0.05) is 0 Å². The molecule has 0 saturated carbocycles. The molecule has 0 aromatic carbocycles. The number of piperazine rings is 1. The van der Waals surface area contributed by atoms with Crippen LogP contribution in [-0.4, -0.2) is 50.8 Å². The zero-order valence-corrected chi connectivity index (χ0v) is 9.67. The van der Waals surface area contributed by atoms with E-state index in [9.17, 15) is 4.79 Å². The molecule has 1 fully saturated rings. The van der Waals surface area contributed by atoms with E-state index in [0.717, 1.165) is 6.54 Å². The zero-order valence-electron chi connectivity index (χ0n) is 9.67. The SMILES string of the molecule is COCC(C)NC(=O)C1CNC(C)CN1. The number of amides is 1. The summed E-state index contributed by atoms with van der Waals surface area (Å²) in [4.78, 5) is 11.7. The molecule has 3 atom stereocenters. The first kappa shape index (κ1) is 12.4. The maximum absolute atomic E-state index is 11.7. The number of ether oxygens (including phenoxy) is 1. The first-order valence-electron chi connectivity index (χ1n) is 5.39. The molecule has 1 aliphatic heterocycles. The van der Waals surface area contributed by atoms with Gasteiger partial charge in [0.1, 0.15) is 0 Å². The molecule has 0 aromatic heterocycles. The van der Waals surface area contributed by atoms with Gasteiger partial charge in [-0.3, -0.25) is 4.79 Å². The minimum atomic E-state index is -0.125. The Hall–Kier alpha value is -0.650. The average molecular weight is 215 g/mol. The van der Waals surface area contributed by atoms with Gasteiger partial charge in [0.2, 0.25) is 5.91 Å². The summed E-state index contributed by atoms with van der Waals surface area (Å²) in [6, 6.07) is 0.370. The van der Waals surface area contributed by atoms with Gasteiger partial charge >= 0.3 is 0 Å². The van der Waals surface area contributed by atoms with Crippen LogP contribution in [0.3, 0.4) is 0 Å². The highest BCUT2D eigenvalue weighted by molar-refractivity contribution is 5.82. The lowest BCUT2D eigenvalue weighted by molar-refractivity contribution is -0.124. The van der Waals surface area contributed by atoms with Gasteiger partial charge < -0.3 is 20.7 Å². The van der Waals surface area contributed by atoms with Crippen molar-refractivity contribution >= 4 is 5.91 Å². The first-order valence-corrected chi connectivity index (χ1v) is 5.39. The third-order valence-electron chi connectivity index (χ3n) is 2.46. The summed E-state index contributed by atoms with van der Waals surface area (Å²) in [6.07, 6.45) is 0. The van der Waals surface area contributed by atoms with E-state index in [2.05, 4.69) is 22.9 Å². The molecule has 1 amide bonds. The molecule has 88 valence electrons. The van der Waals surface area contributed by atoms with Crippen molar-refractivity contribution < 1.29 is 9.53 Å². The molecule has 5 heteroatoms. The largest absolute Gasteiger partial charge is 0.383 e. The van der Waals surface area contributed by atoms with Crippen LogP contribution in [-0.2, 0) is 9.53 Å². The highest BCUT2D eigenvalue weighted by Gasteiger charge is 2.23. The van der Waals surface area contributed by atoms with Crippen LogP contribution in [0.5, 0.6) is 0 Å². The summed E-state index contributed by atoms with van der Waals surface area (Å²) in [5, 5.41) is 9.36. The van der Waals surface area contributed by atoms with Crippen molar-refractivity contribution in [3.63, 3.8) is 0 Å². The predicted molar refractivity (Wildman–Crippen MR) is 58.7 cm³/mol. The molecule has 1 saturated heterocycles. The Morgan fingerprint density at radius 3 is 2.80 bits per heavy atom. The van der Waals surface area contributed by atoms with Gasteiger partial charge in [0.15, 0.2) is 0 Å². The Bertz CT molecular complexity index is 203. The number of methoxy groups -OCH3 is 1. The van der Waals surface area contributed by atoms with E-state index in [0.29, 0.717) is 19.2 Å². The van der Waals surface area contributed by atoms with E-state index < -0.39 is 0 Å². The van der Waals surface area contributed by atoms with Gasteiger partial charge in [-0.25, -0.2) is 0 Å². The lowest BCUT2D eigenvalue weighted by atomic mass is 10.1. The second-order valence-electron chi connectivity index (χ2n) is 4.14. The first-order chi connectivity index (χ1) is 7.13. The van der Waals surface area contributed by atoms with Crippen LogP contribution in [0.25, 0.3) is 0 Å². The quantitative estimate of drug-likeness (QED) is 0.568. The van der Waals surface area contributed by atoms with Gasteiger partial charge in [0.05, 0.1) is 12.6 Å². The molecule has 0 aromatic rings. The second-order valence-corrected chi connectivity index (χ2v) is 4.14. The molecule has 1 rings (SSSR count). The van der Waals surface area contributed by atoms with Gasteiger partial charge in [0.25, 0.3) is 0 Å². The summed E-state index contributed by atoms with van der Waals surface area (Å²) < 4.78 is 4.96. The summed E-state index contributed by atoms with van der Waals surface area (Å²) >= 11 is 0. The maximum atomic E-state index is 11.7. The Kier molecular flexibility index (Phi) is 5.01. The summed E-state index contributed by atoms with van der Waals surface area (Å²) in [5.74, 6) is 0.0407. The summed E-state index contributed by atoms with van der Waals surface area (Å²) in [7, 11) is 1.63. The molecular formula is C10H21N3O2. The smallest absolute Gasteiger partial charge is 0.238 e. The zero-order chi connectivity index (χ0) is 11.3. The molecule has 1 aliphatic rings. The summed E-state index contributed by atoms with van der Waals surface area (Å²) in [5.41, 5.74) is 0. The van der Waals surface area contributed by atoms with Crippen molar-refractivity contribution in [1.29, 1.82) is 0 Å². The Labute approximate surface area is 90.9 Å². The van der Waals surface area contributed by atoms with Crippen LogP contribution >= 0.6 is 0 Å². The normalized spacial score (nSPS) is 28.5. The van der Waals surface area contributed by atoms with Crippen LogP contribution in [0, 0.1) is 0 Å². The molecular weight excluding hydrogens is 194 g/mol. The van der Waals surface area contributed by atoms with Gasteiger partial charge in [-0.2, -0.15) is 0 Å². The number of hydrogen-bond acceptors (Lipinski definition) is 4. The van der Waals surface area contributed by atoms with Crippen molar-refractivity contribution in [2.45, 2.75) is 32.0 Å². The van der Waals surface area contributed by atoms with E-state index in [1.807, 2.05) is 6.92 Å². The van der Waals surface area contributed by atoms with Crippen molar-refractivity contribution in [2.24, 2.45) is 0 Å². The number of hydrogen-bond donors (Lipinski definition) is 3. The van der Waals surface area contributed by atoms with Gasteiger partial charge in [-0.15, -0.1) is 0 Å². The molecule has 0 aliphatic carbocycles. The third-order valence-corrected chi connectivity index (χ3v) is 2.46. The van der Waals surface area contributed by atoms with E-state index in [-0.39, 0.29) is 18.0 Å². The number of carbonyl (C=O) groups is 1. The fourth-order valence-corrected chi connectivity index (χ4v) is 1.60. The van der Waals surface area contributed by atoms with Crippen LogP contribution in [0.4, 0.5) is 0 Å². The molecule has 5 nitrogen and oxygen atoms in total. The predicted octanol–water partition coefficient (Wildman–Crippen LogP) is -0.913. The number of rotatable bonds is 4. The van der Waals surface area contributed by atoms with E-state index >= 15 is 0 Å². The highest BCUT2D eigenvalue weighted by Crippen LogP contribution is 1.94. The standard InChI is InChI=1S/C10H21N3O2/c1-7-4-12-9(5-11-7)10(14)13-8(2)6-15-3/h7-9,11-12H,4-6H2,1-3H3,(H,13,14). The average Bonchev–Trinajstić information content (AvgIpc) is 2.18. The number of carbonyl (C=O) groups excluding carboxylic acids is 1. The lowest BCUT2D eigenvalue weighted by Crippen LogP contribution is -2.59. The molecule has 1 heterocycles. The Balaban J connectivity index is 2.27. The lowest BCUT2D eigenvalue weighted by Gasteiger charge is -2.29.